The van der Waals surface area contributed by atoms with Gasteiger partial charge in [-0.1, -0.05) is 56.0 Å². The Labute approximate surface area is 216 Å². The zero-order chi connectivity index (χ0) is 26.1. The molecule has 0 aliphatic heterocycles. The van der Waals surface area contributed by atoms with Gasteiger partial charge in [-0.3, -0.25) is 9.59 Å². The van der Waals surface area contributed by atoms with Crippen molar-refractivity contribution in [2.24, 2.45) is 0 Å². The molecule has 0 aliphatic rings. The number of thioether (sulfide) groups is 1. The van der Waals surface area contributed by atoms with Crippen molar-refractivity contribution in [2.45, 2.75) is 50.9 Å². The number of nitrogens with zero attached hydrogens (tertiary/aromatic N) is 3. The smallest absolute Gasteiger partial charge is 0.234 e. The van der Waals surface area contributed by atoms with Crippen LogP contribution in [0.25, 0.3) is 0 Å². The van der Waals surface area contributed by atoms with E-state index < -0.39 is 0 Å². The molecule has 2 N–H and O–H groups in total. The summed E-state index contributed by atoms with van der Waals surface area (Å²) in [5, 5.41) is 15.0. The number of carbonyl (C=O) groups excluding carboxylic acids is 2. The minimum absolute atomic E-state index is 0.127. The SMILES string of the molecule is C=CCn1c(SCC(=O)Nc2ccc(C(C)C)cc2)nnc1[C@H](C)NC(=O)Cc1ccc(OC)cc1. The molecule has 2 amide bonds. The summed E-state index contributed by atoms with van der Waals surface area (Å²) < 4.78 is 7.02. The van der Waals surface area contributed by atoms with E-state index in [1.165, 1.54) is 17.3 Å². The van der Waals surface area contributed by atoms with Gasteiger partial charge in [-0.2, -0.15) is 0 Å². The average molecular weight is 508 g/mol. The first kappa shape index (κ1) is 27.0. The molecule has 0 saturated heterocycles. The number of carbonyl (C=O) groups is 2. The predicted molar refractivity (Wildman–Crippen MR) is 143 cm³/mol. The summed E-state index contributed by atoms with van der Waals surface area (Å²) in [7, 11) is 1.60. The highest BCUT2D eigenvalue weighted by Crippen LogP contribution is 2.22. The van der Waals surface area contributed by atoms with E-state index in [-0.39, 0.29) is 30.0 Å². The van der Waals surface area contributed by atoms with Gasteiger partial charge in [0.1, 0.15) is 5.75 Å². The molecule has 0 radical (unpaired) electrons. The Kier molecular flexibility index (Phi) is 9.69. The standard InChI is InChI=1S/C27H33N5O3S/c1-6-15-32-26(19(4)28-24(33)16-20-7-13-23(35-5)14-8-20)30-31-27(32)36-17-25(34)29-22-11-9-21(10-12-22)18(2)3/h6-14,18-19H,1,15-17H2,2-5H3,(H,28,33)(H,29,34)/t19-/m0/s1. The molecule has 9 heteroatoms. The number of hydrogen-bond donors (Lipinski definition) is 2. The topological polar surface area (TPSA) is 98.1 Å². The van der Waals surface area contributed by atoms with Crippen molar-refractivity contribution < 1.29 is 14.3 Å². The third-order valence-corrected chi connectivity index (χ3v) is 6.51. The van der Waals surface area contributed by atoms with Crippen molar-refractivity contribution in [1.29, 1.82) is 0 Å². The number of aromatic nitrogens is 3. The molecule has 1 atom stereocenters. The third kappa shape index (κ3) is 7.45. The quantitative estimate of drug-likeness (QED) is 0.271. The van der Waals surface area contributed by atoms with Gasteiger partial charge in [0.25, 0.3) is 0 Å². The van der Waals surface area contributed by atoms with Crippen LogP contribution in [0.1, 0.15) is 49.7 Å². The minimum atomic E-state index is -0.370. The largest absolute Gasteiger partial charge is 0.497 e. The Bertz CT molecular complexity index is 1170. The zero-order valence-corrected chi connectivity index (χ0v) is 22.0. The van der Waals surface area contributed by atoms with Crippen molar-refractivity contribution in [3.8, 4) is 5.75 Å². The van der Waals surface area contributed by atoms with Crippen molar-refractivity contribution in [3.63, 3.8) is 0 Å². The first-order valence-electron chi connectivity index (χ1n) is 11.8. The zero-order valence-electron chi connectivity index (χ0n) is 21.2. The average Bonchev–Trinajstić information content (AvgIpc) is 3.26. The summed E-state index contributed by atoms with van der Waals surface area (Å²) in [6.45, 7) is 10.4. The highest BCUT2D eigenvalue weighted by atomic mass is 32.2. The van der Waals surface area contributed by atoms with Crippen molar-refractivity contribution in [3.05, 3.63) is 78.1 Å². The molecule has 2 aromatic carbocycles. The lowest BCUT2D eigenvalue weighted by molar-refractivity contribution is -0.121. The van der Waals surface area contributed by atoms with Gasteiger partial charge in [0.05, 0.1) is 25.3 Å². The molecule has 0 unspecified atom stereocenters. The van der Waals surface area contributed by atoms with E-state index >= 15 is 0 Å². The Morgan fingerprint density at radius 1 is 1.06 bits per heavy atom. The number of hydrogen-bond acceptors (Lipinski definition) is 6. The van der Waals surface area contributed by atoms with Crippen molar-refractivity contribution in [1.82, 2.24) is 20.1 Å². The van der Waals surface area contributed by atoms with E-state index in [9.17, 15) is 9.59 Å². The van der Waals surface area contributed by atoms with Gasteiger partial charge in [0.2, 0.25) is 11.8 Å². The maximum atomic E-state index is 12.6. The van der Waals surface area contributed by atoms with Crippen LogP contribution in [0.5, 0.6) is 5.75 Å². The fraction of sp³-hybridized carbons (Fsp3) is 0.333. The summed E-state index contributed by atoms with van der Waals surface area (Å²) in [5.74, 6) is 1.70. The normalized spacial score (nSPS) is 11.7. The van der Waals surface area contributed by atoms with Crippen LogP contribution in [0, 0.1) is 0 Å². The van der Waals surface area contributed by atoms with E-state index in [1.807, 2.05) is 60.0 Å². The molecule has 190 valence electrons. The molecule has 0 saturated carbocycles. The maximum Gasteiger partial charge on any atom is 0.234 e. The fourth-order valence-electron chi connectivity index (χ4n) is 3.59. The maximum absolute atomic E-state index is 12.6. The van der Waals surface area contributed by atoms with E-state index in [0.29, 0.717) is 23.4 Å². The second-order valence-electron chi connectivity index (χ2n) is 8.67. The summed E-state index contributed by atoms with van der Waals surface area (Å²) in [6.07, 6.45) is 1.98. The lowest BCUT2D eigenvalue weighted by atomic mass is 10.0. The lowest BCUT2D eigenvalue weighted by Crippen LogP contribution is -2.30. The highest BCUT2D eigenvalue weighted by molar-refractivity contribution is 7.99. The van der Waals surface area contributed by atoms with Crippen LogP contribution in [0.3, 0.4) is 0 Å². The van der Waals surface area contributed by atoms with Gasteiger partial charge in [-0.15, -0.1) is 16.8 Å². The number of rotatable bonds is 12. The number of benzene rings is 2. The van der Waals surface area contributed by atoms with Gasteiger partial charge in [-0.25, -0.2) is 0 Å². The molecule has 36 heavy (non-hydrogen) atoms. The van der Waals surface area contributed by atoms with Gasteiger partial charge < -0.3 is 19.9 Å². The highest BCUT2D eigenvalue weighted by Gasteiger charge is 2.20. The molecular formula is C27H33N5O3S. The number of amides is 2. The summed E-state index contributed by atoms with van der Waals surface area (Å²) >= 11 is 1.29. The molecule has 1 heterocycles. The van der Waals surface area contributed by atoms with Crippen LogP contribution in [0.4, 0.5) is 5.69 Å². The second kappa shape index (κ2) is 12.9. The van der Waals surface area contributed by atoms with E-state index in [2.05, 4.69) is 41.3 Å². The van der Waals surface area contributed by atoms with Crippen LogP contribution in [0.15, 0.2) is 66.3 Å². The monoisotopic (exact) mass is 507 g/mol. The molecule has 3 rings (SSSR count). The number of methoxy groups -OCH3 is 1. The van der Waals surface area contributed by atoms with Gasteiger partial charge >= 0.3 is 0 Å². The summed E-state index contributed by atoms with van der Waals surface area (Å²) in [5.41, 5.74) is 2.86. The molecule has 0 spiro atoms. The molecule has 3 aromatic rings. The van der Waals surface area contributed by atoms with E-state index in [1.54, 1.807) is 13.2 Å². The van der Waals surface area contributed by atoms with Crippen LogP contribution >= 0.6 is 11.8 Å². The Morgan fingerprint density at radius 2 is 1.75 bits per heavy atom. The molecule has 0 bridgehead atoms. The minimum Gasteiger partial charge on any atom is -0.497 e. The van der Waals surface area contributed by atoms with Crippen LogP contribution in [-0.2, 0) is 22.6 Å². The van der Waals surface area contributed by atoms with Crippen LogP contribution in [-0.4, -0.2) is 39.4 Å². The fourth-order valence-corrected chi connectivity index (χ4v) is 4.35. The lowest BCUT2D eigenvalue weighted by Gasteiger charge is -2.15. The van der Waals surface area contributed by atoms with Crippen LogP contribution in [0.2, 0.25) is 0 Å². The molecular weight excluding hydrogens is 474 g/mol. The molecule has 0 fully saturated rings. The number of nitrogens with one attached hydrogen (secondary N) is 2. The van der Waals surface area contributed by atoms with E-state index in [0.717, 1.165) is 17.0 Å². The van der Waals surface area contributed by atoms with Crippen LogP contribution < -0.4 is 15.4 Å². The third-order valence-electron chi connectivity index (χ3n) is 5.54. The van der Waals surface area contributed by atoms with Gasteiger partial charge in [0.15, 0.2) is 11.0 Å². The number of ether oxygens (including phenoxy) is 1. The molecule has 8 nitrogen and oxygen atoms in total. The van der Waals surface area contributed by atoms with Gasteiger partial charge in [-0.05, 0) is 48.2 Å². The van der Waals surface area contributed by atoms with Crippen molar-refractivity contribution >= 4 is 29.3 Å². The Morgan fingerprint density at radius 3 is 2.36 bits per heavy atom. The van der Waals surface area contributed by atoms with Gasteiger partial charge in [0, 0.05) is 12.2 Å². The molecule has 0 aliphatic carbocycles. The second-order valence-corrected chi connectivity index (χ2v) is 9.61. The summed E-state index contributed by atoms with van der Waals surface area (Å²) in [6, 6.07) is 14.9. The predicted octanol–water partition coefficient (Wildman–Crippen LogP) is 4.75. The first-order valence-corrected chi connectivity index (χ1v) is 12.8. The first-order chi connectivity index (χ1) is 17.3. The summed E-state index contributed by atoms with van der Waals surface area (Å²) in [4.78, 5) is 25.1. The van der Waals surface area contributed by atoms with Crippen molar-refractivity contribution in [2.75, 3.05) is 18.2 Å². The number of anilines is 1. The molecule has 1 aromatic heterocycles. The Balaban J connectivity index is 1.58. The van der Waals surface area contributed by atoms with E-state index in [4.69, 9.17) is 4.74 Å². The number of allylic oxidation sites excluding steroid dienone is 1. The Hall–Kier alpha value is -3.59.